The first-order valence-electron chi connectivity index (χ1n) is 8.24. The van der Waals surface area contributed by atoms with E-state index >= 15 is 0 Å². The maximum Gasteiger partial charge on any atom is 0.240 e. The summed E-state index contributed by atoms with van der Waals surface area (Å²) in [6.45, 7) is 4.98. The van der Waals surface area contributed by atoms with Gasteiger partial charge in [0.05, 0.1) is 6.07 Å². The van der Waals surface area contributed by atoms with E-state index in [1.165, 1.54) is 11.8 Å². The summed E-state index contributed by atoms with van der Waals surface area (Å²) < 4.78 is 0. The molecule has 134 valence electrons. The highest BCUT2D eigenvalue weighted by Gasteiger charge is 2.45. The van der Waals surface area contributed by atoms with Gasteiger partial charge in [0.25, 0.3) is 0 Å². The summed E-state index contributed by atoms with van der Waals surface area (Å²) in [7, 11) is 0. The van der Waals surface area contributed by atoms with Crippen LogP contribution in [0.25, 0.3) is 0 Å². The second-order valence-corrected chi connectivity index (χ2v) is 6.97. The number of nitriles is 1. The van der Waals surface area contributed by atoms with Gasteiger partial charge in [-0.25, -0.2) is 0 Å². The van der Waals surface area contributed by atoms with E-state index in [1.807, 2.05) is 19.1 Å². The molecule has 8 heteroatoms. The third-order valence-corrected chi connectivity index (χ3v) is 5.45. The lowest BCUT2D eigenvalue weighted by atomic mass is 10.1. The van der Waals surface area contributed by atoms with E-state index in [4.69, 9.17) is 5.73 Å². The van der Waals surface area contributed by atoms with Crippen molar-refractivity contribution in [3.8, 4) is 6.07 Å². The zero-order valence-corrected chi connectivity index (χ0v) is 15.2. The van der Waals surface area contributed by atoms with Gasteiger partial charge in [-0.2, -0.15) is 5.26 Å². The van der Waals surface area contributed by atoms with Crippen LogP contribution in [-0.2, 0) is 9.59 Å². The van der Waals surface area contributed by atoms with Gasteiger partial charge >= 0.3 is 0 Å². The molecule has 4 N–H and O–H groups in total. The van der Waals surface area contributed by atoms with Crippen molar-refractivity contribution in [1.29, 1.82) is 5.26 Å². The molecule has 0 saturated carbocycles. The Morgan fingerprint density at radius 1 is 1.48 bits per heavy atom. The Kier molecular flexibility index (Phi) is 6.53. The van der Waals surface area contributed by atoms with Crippen LogP contribution in [0.5, 0.6) is 0 Å². The maximum absolute atomic E-state index is 12.6. The molecule has 1 aliphatic heterocycles. The lowest BCUT2D eigenvalue weighted by Crippen LogP contribution is -2.44. The fourth-order valence-electron chi connectivity index (χ4n) is 2.74. The summed E-state index contributed by atoms with van der Waals surface area (Å²) in [5.74, 6) is -1.28. The summed E-state index contributed by atoms with van der Waals surface area (Å²) in [5, 5.41) is 14.5. The molecular weight excluding hydrogens is 338 g/mol. The van der Waals surface area contributed by atoms with E-state index in [-0.39, 0.29) is 17.1 Å². The number of hydrogen-bond donors (Lipinski definition) is 3. The van der Waals surface area contributed by atoms with Gasteiger partial charge in [0.15, 0.2) is 5.92 Å². The van der Waals surface area contributed by atoms with Crippen LogP contribution in [0.2, 0.25) is 0 Å². The fourth-order valence-corrected chi connectivity index (χ4v) is 4.24. The number of benzene rings is 1. The molecule has 2 amide bonds. The number of nitrogens with zero attached hydrogens (tertiary/aromatic N) is 2. The van der Waals surface area contributed by atoms with Crippen molar-refractivity contribution in [3.63, 3.8) is 0 Å². The third kappa shape index (κ3) is 4.37. The molecule has 1 aromatic carbocycles. The molecule has 0 aromatic heterocycles. The highest BCUT2D eigenvalue weighted by molar-refractivity contribution is 8.01. The Balaban J connectivity index is 2.08. The first-order valence-corrected chi connectivity index (χ1v) is 9.18. The van der Waals surface area contributed by atoms with Gasteiger partial charge in [0.2, 0.25) is 11.8 Å². The first-order chi connectivity index (χ1) is 12.0. The number of carbonyl (C=O) groups excluding carboxylic acids is 2. The number of nitrogen functional groups attached to an aromatic ring is 1. The minimum Gasteiger partial charge on any atom is -0.399 e. The van der Waals surface area contributed by atoms with Gasteiger partial charge in [-0.3, -0.25) is 9.59 Å². The van der Waals surface area contributed by atoms with Crippen LogP contribution in [0, 0.1) is 17.2 Å². The van der Waals surface area contributed by atoms with Crippen molar-refractivity contribution in [2.75, 3.05) is 30.7 Å². The summed E-state index contributed by atoms with van der Waals surface area (Å²) >= 11 is 1.36. The van der Waals surface area contributed by atoms with Gasteiger partial charge < -0.3 is 21.3 Å². The minimum absolute atomic E-state index is 0.0570. The standard InChI is InChI=1S/C17H23N5O2S/c1-3-20-15(23)13(9-18)17-22(4-2)16(24)14(25-17)10-21-12-7-5-6-11(19)8-12/h5-8,13-14,17,21H,3-4,10,19H2,1-2H3,(H,20,23). The molecule has 1 heterocycles. The number of anilines is 2. The molecule has 0 bridgehead atoms. The van der Waals surface area contributed by atoms with Gasteiger partial charge in [0.1, 0.15) is 10.6 Å². The van der Waals surface area contributed by atoms with Crippen LogP contribution < -0.4 is 16.4 Å². The van der Waals surface area contributed by atoms with Crippen molar-refractivity contribution in [3.05, 3.63) is 24.3 Å². The lowest BCUT2D eigenvalue weighted by molar-refractivity contribution is -0.131. The summed E-state index contributed by atoms with van der Waals surface area (Å²) in [5.41, 5.74) is 7.23. The van der Waals surface area contributed by atoms with Crippen LogP contribution in [0.15, 0.2) is 24.3 Å². The molecule has 2 rings (SSSR count). The van der Waals surface area contributed by atoms with Crippen LogP contribution in [-0.4, -0.2) is 47.0 Å². The number of thioether (sulfide) groups is 1. The van der Waals surface area contributed by atoms with Gasteiger partial charge in [-0.05, 0) is 32.0 Å². The van der Waals surface area contributed by atoms with E-state index in [2.05, 4.69) is 16.7 Å². The Morgan fingerprint density at radius 2 is 2.24 bits per heavy atom. The van der Waals surface area contributed by atoms with Crippen molar-refractivity contribution >= 4 is 35.0 Å². The molecule has 1 fully saturated rings. The number of nitrogens with one attached hydrogen (secondary N) is 2. The van der Waals surface area contributed by atoms with E-state index in [0.29, 0.717) is 25.3 Å². The van der Waals surface area contributed by atoms with Gasteiger partial charge in [-0.1, -0.05) is 6.07 Å². The van der Waals surface area contributed by atoms with Crippen molar-refractivity contribution < 1.29 is 9.59 Å². The largest absolute Gasteiger partial charge is 0.399 e. The number of amides is 2. The number of hydrogen-bond acceptors (Lipinski definition) is 6. The number of carbonyl (C=O) groups is 2. The third-order valence-electron chi connectivity index (χ3n) is 3.95. The average Bonchev–Trinajstić information content (AvgIpc) is 2.89. The second-order valence-electron chi connectivity index (χ2n) is 5.65. The molecule has 1 saturated heterocycles. The monoisotopic (exact) mass is 361 g/mol. The molecular formula is C17H23N5O2S. The van der Waals surface area contributed by atoms with Gasteiger partial charge in [-0.15, -0.1) is 11.8 Å². The normalized spacial score (nSPS) is 20.8. The molecule has 0 aliphatic carbocycles. The van der Waals surface area contributed by atoms with E-state index < -0.39 is 11.3 Å². The average molecular weight is 361 g/mol. The van der Waals surface area contributed by atoms with E-state index in [9.17, 15) is 14.9 Å². The summed E-state index contributed by atoms with van der Waals surface area (Å²) in [6.07, 6.45) is 0. The second kappa shape index (κ2) is 8.62. The summed E-state index contributed by atoms with van der Waals surface area (Å²) in [6, 6.07) is 9.35. The number of rotatable bonds is 7. The maximum atomic E-state index is 12.6. The molecule has 7 nitrogen and oxygen atoms in total. The van der Waals surface area contributed by atoms with Crippen molar-refractivity contribution in [2.45, 2.75) is 24.5 Å². The molecule has 1 aromatic rings. The van der Waals surface area contributed by atoms with Crippen LogP contribution >= 0.6 is 11.8 Å². The smallest absolute Gasteiger partial charge is 0.240 e. The quantitative estimate of drug-likeness (QED) is 0.630. The minimum atomic E-state index is -0.883. The predicted molar refractivity (Wildman–Crippen MR) is 99.7 cm³/mol. The van der Waals surface area contributed by atoms with E-state index in [0.717, 1.165) is 5.69 Å². The molecule has 1 aliphatic rings. The molecule has 3 atom stereocenters. The topological polar surface area (TPSA) is 111 Å². The van der Waals surface area contributed by atoms with Crippen molar-refractivity contribution in [1.82, 2.24) is 10.2 Å². The lowest BCUT2D eigenvalue weighted by Gasteiger charge is -2.25. The first kappa shape index (κ1) is 18.9. The molecule has 0 radical (unpaired) electrons. The van der Waals surface area contributed by atoms with Crippen LogP contribution in [0.3, 0.4) is 0 Å². The highest BCUT2D eigenvalue weighted by atomic mass is 32.2. The molecule has 25 heavy (non-hydrogen) atoms. The Bertz CT molecular complexity index is 675. The van der Waals surface area contributed by atoms with Crippen LogP contribution in [0.4, 0.5) is 11.4 Å². The Labute approximate surface area is 151 Å². The van der Waals surface area contributed by atoms with E-state index in [1.54, 1.807) is 24.0 Å². The molecule has 0 spiro atoms. The zero-order chi connectivity index (χ0) is 18.4. The Morgan fingerprint density at radius 3 is 2.84 bits per heavy atom. The van der Waals surface area contributed by atoms with Crippen molar-refractivity contribution in [2.24, 2.45) is 5.92 Å². The molecule has 3 unspecified atom stereocenters. The highest BCUT2D eigenvalue weighted by Crippen LogP contribution is 2.36. The SMILES string of the molecule is CCNC(=O)C(C#N)C1SC(CNc2cccc(N)c2)C(=O)N1CC. The number of nitrogens with two attached hydrogens (primary N) is 1. The zero-order valence-electron chi connectivity index (χ0n) is 14.4. The predicted octanol–water partition coefficient (Wildman–Crippen LogP) is 1.25. The van der Waals surface area contributed by atoms with Gasteiger partial charge in [0, 0.05) is 31.0 Å². The fraction of sp³-hybridized carbons (Fsp3) is 0.471. The Hall–Kier alpha value is -2.40. The summed E-state index contributed by atoms with van der Waals surface area (Å²) in [4.78, 5) is 26.4. The van der Waals surface area contributed by atoms with Crippen LogP contribution in [0.1, 0.15) is 13.8 Å².